The van der Waals surface area contributed by atoms with Crippen LogP contribution in [0.4, 0.5) is 16.9 Å². The minimum Gasteiger partial charge on any atom is -0.477 e. The zero-order chi connectivity index (χ0) is 26.6. The van der Waals surface area contributed by atoms with E-state index in [2.05, 4.69) is 25.6 Å². The summed E-state index contributed by atoms with van der Waals surface area (Å²) in [6, 6.07) is 7.81. The number of amides is 1. The average molecular weight is 546 g/mol. The third-order valence-corrected chi connectivity index (χ3v) is 7.75. The molecule has 1 amide bonds. The Balaban J connectivity index is 1.55. The van der Waals surface area contributed by atoms with Crippen LogP contribution in [-0.2, 0) is 27.8 Å². The van der Waals surface area contributed by atoms with Crippen molar-refractivity contribution in [1.29, 1.82) is 0 Å². The molecule has 1 saturated heterocycles. The monoisotopic (exact) mass is 545 g/mol. The van der Waals surface area contributed by atoms with Gasteiger partial charge in [-0.25, -0.2) is 28.3 Å². The smallest absolute Gasteiger partial charge is 0.347 e. The first-order chi connectivity index (χ1) is 17.6. The van der Waals surface area contributed by atoms with E-state index in [1.165, 1.54) is 12.1 Å². The molecule has 1 aromatic carbocycles. The van der Waals surface area contributed by atoms with Crippen LogP contribution < -0.4 is 15.8 Å². The quantitative estimate of drug-likeness (QED) is 0.312. The predicted octanol–water partition coefficient (Wildman–Crippen LogP) is 2.50. The number of aromatic nitrogens is 3. The van der Waals surface area contributed by atoms with Crippen LogP contribution >= 0.6 is 11.3 Å². The SMILES string of the molecule is Cc1nc(Nc2nc(CC(=O)N3CCCCC3)cc(NCc3ccc(S(N)(=O)=O)cc3)n2)sc1C(=O)O. The lowest BCUT2D eigenvalue weighted by molar-refractivity contribution is -0.131. The van der Waals surface area contributed by atoms with E-state index in [1.54, 1.807) is 25.1 Å². The highest BCUT2D eigenvalue weighted by Gasteiger charge is 2.19. The molecule has 1 aliphatic heterocycles. The summed E-state index contributed by atoms with van der Waals surface area (Å²) in [6.07, 6.45) is 3.17. The summed E-state index contributed by atoms with van der Waals surface area (Å²) in [7, 11) is -3.78. The van der Waals surface area contributed by atoms with Crippen molar-refractivity contribution >= 4 is 50.1 Å². The summed E-state index contributed by atoms with van der Waals surface area (Å²) in [5, 5.41) is 20.9. The van der Waals surface area contributed by atoms with Crippen LogP contribution in [-0.4, -0.2) is 58.3 Å². The molecule has 0 bridgehead atoms. The molecule has 0 unspecified atom stereocenters. The molecule has 37 heavy (non-hydrogen) atoms. The largest absolute Gasteiger partial charge is 0.477 e. The van der Waals surface area contributed by atoms with Gasteiger partial charge in [0.2, 0.25) is 21.9 Å². The number of rotatable bonds is 9. The zero-order valence-corrected chi connectivity index (χ0v) is 21.7. The number of carbonyl (C=O) groups is 2. The number of carbonyl (C=O) groups excluding carboxylic acids is 1. The molecule has 0 saturated carbocycles. The minimum absolute atomic E-state index is 0.0164. The Morgan fingerprint density at radius 2 is 1.81 bits per heavy atom. The van der Waals surface area contributed by atoms with E-state index in [1.807, 2.05) is 4.90 Å². The first-order valence-corrected chi connectivity index (χ1v) is 13.9. The number of carboxylic acids is 1. The van der Waals surface area contributed by atoms with E-state index < -0.39 is 16.0 Å². The lowest BCUT2D eigenvalue weighted by Crippen LogP contribution is -2.36. The van der Waals surface area contributed by atoms with Gasteiger partial charge in [0.05, 0.1) is 22.7 Å². The van der Waals surface area contributed by atoms with Gasteiger partial charge in [0.15, 0.2) is 5.13 Å². The highest BCUT2D eigenvalue weighted by molar-refractivity contribution is 7.89. The fourth-order valence-corrected chi connectivity index (χ4v) is 5.19. The van der Waals surface area contributed by atoms with Crippen molar-refractivity contribution in [2.24, 2.45) is 5.14 Å². The number of aryl methyl sites for hydroxylation is 1. The van der Waals surface area contributed by atoms with Gasteiger partial charge in [0, 0.05) is 25.7 Å². The van der Waals surface area contributed by atoms with Crippen molar-refractivity contribution in [2.75, 3.05) is 23.7 Å². The number of piperidine rings is 1. The number of nitrogens with two attached hydrogens (primary N) is 1. The van der Waals surface area contributed by atoms with Crippen molar-refractivity contribution in [3.05, 3.63) is 52.2 Å². The van der Waals surface area contributed by atoms with Gasteiger partial charge in [-0.3, -0.25) is 10.1 Å². The number of thiazole rings is 1. The van der Waals surface area contributed by atoms with Gasteiger partial charge in [-0.2, -0.15) is 4.98 Å². The minimum atomic E-state index is -3.78. The molecule has 1 aliphatic rings. The number of hydrogen-bond donors (Lipinski definition) is 4. The van der Waals surface area contributed by atoms with Gasteiger partial charge < -0.3 is 15.3 Å². The van der Waals surface area contributed by atoms with Crippen LogP contribution in [0.5, 0.6) is 0 Å². The predicted molar refractivity (Wildman–Crippen MR) is 138 cm³/mol. The van der Waals surface area contributed by atoms with Crippen LogP contribution in [0.3, 0.4) is 0 Å². The number of hydrogen-bond acceptors (Lipinski definition) is 10. The molecule has 2 aromatic heterocycles. The fourth-order valence-electron chi connectivity index (χ4n) is 3.88. The molecule has 3 aromatic rings. The molecule has 12 nitrogen and oxygen atoms in total. The Hall–Kier alpha value is -3.62. The average Bonchev–Trinajstić information content (AvgIpc) is 3.23. The summed E-state index contributed by atoms with van der Waals surface area (Å²) < 4.78 is 23.0. The second kappa shape index (κ2) is 11.2. The van der Waals surface area contributed by atoms with Crippen molar-refractivity contribution in [1.82, 2.24) is 19.9 Å². The van der Waals surface area contributed by atoms with Gasteiger partial charge in [0.25, 0.3) is 0 Å². The number of carboxylic acid groups (broad SMARTS) is 1. The maximum Gasteiger partial charge on any atom is 0.347 e. The lowest BCUT2D eigenvalue weighted by atomic mass is 10.1. The maximum atomic E-state index is 12.9. The number of nitrogens with one attached hydrogen (secondary N) is 2. The first-order valence-electron chi connectivity index (χ1n) is 11.6. The fraction of sp³-hybridized carbons (Fsp3) is 0.348. The van der Waals surface area contributed by atoms with Crippen LogP contribution in [0.1, 0.15) is 45.9 Å². The van der Waals surface area contributed by atoms with Crippen LogP contribution in [0.2, 0.25) is 0 Å². The third-order valence-electron chi connectivity index (χ3n) is 5.76. The number of benzene rings is 1. The molecule has 4 rings (SSSR count). The molecular formula is C23H27N7O5S2. The Bertz CT molecular complexity index is 1400. The summed E-state index contributed by atoms with van der Waals surface area (Å²) in [5.74, 6) is -0.490. The Morgan fingerprint density at radius 3 is 2.43 bits per heavy atom. The normalized spacial score (nSPS) is 13.8. The summed E-state index contributed by atoms with van der Waals surface area (Å²) in [4.78, 5) is 39.4. The second-order valence-corrected chi connectivity index (χ2v) is 11.2. The summed E-state index contributed by atoms with van der Waals surface area (Å²) >= 11 is 0.968. The molecule has 1 fully saturated rings. The van der Waals surface area contributed by atoms with E-state index in [0.717, 1.165) is 49.3 Å². The highest BCUT2D eigenvalue weighted by Crippen LogP contribution is 2.25. The first kappa shape index (κ1) is 26.4. The number of likely N-dealkylation sites (tertiary alicyclic amines) is 1. The molecule has 0 aliphatic carbocycles. The van der Waals surface area contributed by atoms with Crippen LogP contribution in [0.15, 0.2) is 35.2 Å². The highest BCUT2D eigenvalue weighted by atomic mass is 32.2. The number of nitrogens with zero attached hydrogens (tertiary/aromatic N) is 4. The number of anilines is 3. The van der Waals surface area contributed by atoms with Gasteiger partial charge in [-0.15, -0.1) is 0 Å². The van der Waals surface area contributed by atoms with E-state index in [-0.39, 0.29) is 28.0 Å². The molecule has 5 N–H and O–H groups in total. The van der Waals surface area contributed by atoms with Crippen molar-refractivity contribution in [2.45, 2.75) is 44.0 Å². The number of primary sulfonamides is 1. The standard InChI is InChI=1S/C23H27N7O5S2/c1-14-20(21(32)33)36-23(26-14)29-22-27-16(12-19(31)30-9-3-2-4-10-30)11-18(28-22)25-13-15-5-7-17(8-6-15)37(24,34)35/h5-8,11H,2-4,9-10,12-13H2,1H3,(H,32,33)(H2,24,34,35)(H2,25,26,27,28,29). The zero-order valence-electron chi connectivity index (χ0n) is 20.1. The molecule has 0 radical (unpaired) electrons. The number of sulfonamides is 1. The summed E-state index contributed by atoms with van der Waals surface area (Å²) in [5.41, 5.74) is 1.65. The van der Waals surface area contributed by atoms with Crippen LogP contribution in [0, 0.1) is 6.92 Å². The number of aromatic carboxylic acids is 1. The molecule has 196 valence electrons. The molecule has 0 atom stereocenters. The van der Waals surface area contributed by atoms with E-state index in [9.17, 15) is 23.1 Å². The Kier molecular flexibility index (Phi) is 8.00. The van der Waals surface area contributed by atoms with Gasteiger partial charge in [0.1, 0.15) is 10.7 Å². The van der Waals surface area contributed by atoms with Crippen molar-refractivity contribution in [3.63, 3.8) is 0 Å². The summed E-state index contributed by atoms with van der Waals surface area (Å²) in [6.45, 7) is 3.38. The topological polar surface area (TPSA) is 180 Å². The lowest BCUT2D eigenvalue weighted by Gasteiger charge is -2.26. The third kappa shape index (κ3) is 6.99. The second-order valence-electron chi connectivity index (χ2n) is 8.59. The van der Waals surface area contributed by atoms with E-state index in [4.69, 9.17) is 5.14 Å². The molecule has 3 heterocycles. The maximum absolute atomic E-state index is 12.9. The Morgan fingerprint density at radius 1 is 1.11 bits per heavy atom. The van der Waals surface area contributed by atoms with E-state index >= 15 is 0 Å². The molecular weight excluding hydrogens is 518 g/mol. The van der Waals surface area contributed by atoms with Crippen LogP contribution in [0.25, 0.3) is 0 Å². The van der Waals surface area contributed by atoms with Gasteiger partial charge in [-0.1, -0.05) is 23.5 Å². The van der Waals surface area contributed by atoms with Crippen molar-refractivity contribution < 1.29 is 23.1 Å². The van der Waals surface area contributed by atoms with Gasteiger partial charge >= 0.3 is 5.97 Å². The van der Waals surface area contributed by atoms with Gasteiger partial charge in [-0.05, 0) is 43.9 Å². The Labute approximate surface area is 218 Å². The van der Waals surface area contributed by atoms with Crippen molar-refractivity contribution in [3.8, 4) is 0 Å². The molecule has 0 spiro atoms. The molecule has 14 heteroatoms. The van der Waals surface area contributed by atoms with E-state index in [0.29, 0.717) is 28.9 Å².